The van der Waals surface area contributed by atoms with E-state index in [1.807, 2.05) is 11.3 Å². The van der Waals surface area contributed by atoms with Crippen molar-refractivity contribution in [2.75, 3.05) is 30.7 Å². The summed E-state index contributed by atoms with van der Waals surface area (Å²) in [7, 11) is 0. The second-order valence-corrected chi connectivity index (χ2v) is 11.2. The van der Waals surface area contributed by atoms with E-state index in [0.717, 1.165) is 18.3 Å². The van der Waals surface area contributed by atoms with Crippen LogP contribution in [0.2, 0.25) is 0 Å². The van der Waals surface area contributed by atoms with Crippen molar-refractivity contribution in [1.29, 1.82) is 0 Å². The second-order valence-electron chi connectivity index (χ2n) is 11.2. The molecule has 45 heavy (non-hydrogen) atoms. The average Bonchev–Trinajstić information content (AvgIpc) is 3.69. The number of alkyl halides is 3. The predicted octanol–water partition coefficient (Wildman–Crippen LogP) is 4.73. The number of fused-ring (bicyclic) bond motifs is 1. The molecule has 0 radical (unpaired) electrons. The number of hydrogen-bond donors (Lipinski definition) is 2. The van der Waals surface area contributed by atoms with Crippen LogP contribution in [0.4, 0.5) is 24.8 Å². The molecule has 1 saturated heterocycles. The lowest BCUT2D eigenvalue weighted by atomic mass is 10.0. The molecule has 6 rings (SSSR count). The minimum absolute atomic E-state index is 0.0289. The lowest BCUT2D eigenvalue weighted by molar-refractivity contribution is -0.137. The number of benzene rings is 1. The monoisotopic (exact) mass is 621 g/mol. The maximum absolute atomic E-state index is 13.1. The standard InChI is InChI=1S/C31H30F3N7O4/c1-3-17(15-40-16-22(42)30(8-9-30)29(40)44)27-39-24(25-26(35)37-11-12-41(25)27)20-6-5-18(13-21(20)45-4-2)28(43)38-23-14-19(7-10-36-23)31(32,33)34/h5-7,10-14,17H,3-4,8-9,15-16H2,1-2H3,(H2,35,37)(H,36,38,43)/t17-/m1/s1. The fraction of sp³-hybridized carbons (Fsp3) is 0.355. The lowest BCUT2D eigenvalue weighted by Gasteiger charge is -2.22. The van der Waals surface area contributed by atoms with E-state index in [4.69, 9.17) is 15.5 Å². The molecule has 0 bridgehead atoms. The lowest BCUT2D eigenvalue weighted by Crippen LogP contribution is -2.32. The summed E-state index contributed by atoms with van der Waals surface area (Å²) in [5, 5.41) is 2.40. The van der Waals surface area contributed by atoms with Crippen LogP contribution in [-0.4, -0.2) is 61.5 Å². The first kappa shape index (κ1) is 30.0. The van der Waals surface area contributed by atoms with Gasteiger partial charge in [0.05, 0.1) is 18.7 Å². The maximum Gasteiger partial charge on any atom is 0.416 e. The summed E-state index contributed by atoms with van der Waals surface area (Å²) in [5.41, 5.74) is 6.15. The number of pyridine rings is 1. The molecule has 11 nitrogen and oxygen atoms in total. The van der Waals surface area contributed by atoms with Gasteiger partial charge >= 0.3 is 6.18 Å². The fourth-order valence-electron chi connectivity index (χ4n) is 5.80. The number of ketones is 1. The molecule has 234 valence electrons. The van der Waals surface area contributed by atoms with Gasteiger partial charge in [-0.15, -0.1) is 0 Å². The number of carbonyl (C=O) groups excluding carboxylic acids is 3. The van der Waals surface area contributed by atoms with Crippen molar-refractivity contribution < 1.29 is 32.3 Å². The summed E-state index contributed by atoms with van der Waals surface area (Å²) >= 11 is 0. The molecule has 2 aliphatic rings. The van der Waals surface area contributed by atoms with Crippen LogP contribution >= 0.6 is 0 Å². The molecule has 1 atom stereocenters. The molecule has 4 aromatic rings. The van der Waals surface area contributed by atoms with Crippen LogP contribution in [-0.2, 0) is 15.8 Å². The molecular weight excluding hydrogens is 591 g/mol. The number of Topliss-reactive ketones (excluding diaryl/α,β-unsaturated/α-hetero) is 1. The van der Waals surface area contributed by atoms with Gasteiger partial charge in [-0.2, -0.15) is 13.2 Å². The van der Waals surface area contributed by atoms with E-state index >= 15 is 0 Å². The van der Waals surface area contributed by atoms with Crippen molar-refractivity contribution in [3.8, 4) is 17.0 Å². The van der Waals surface area contributed by atoms with Gasteiger partial charge in [-0.05, 0) is 56.5 Å². The Morgan fingerprint density at radius 3 is 2.58 bits per heavy atom. The Bertz CT molecular complexity index is 1830. The highest BCUT2D eigenvalue weighted by Gasteiger charge is 2.62. The van der Waals surface area contributed by atoms with E-state index in [9.17, 15) is 27.6 Å². The topological polar surface area (TPSA) is 145 Å². The van der Waals surface area contributed by atoms with E-state index in [1.165, 1.54) is 12.1 Å². The molecule has 1 spiro atoms. The number of likely N-dealkylation sites (tertiary alicyclic amines) is 1. The number of nitrogens with one attached hydrogen (secondary N) is 1. The van der Waals surface area contributed by atoms with E-state index in [-0.39, 0.29) is 48.0 Å². The Balaban J connectivity index is 1.35. The van der Waals surface area contributed by atoms with Crippen LogP contribution < -0.4 is 15.8 Å². The smallest absolute Gasteiger partial charge is 0.416 e. The number of aromatic nitrogens is 4. The van der Waals surface area contributed by atoms with Gasteiger partial charge in [0.25, 0.3) is 5.91 Å². The fourth-order valence-corrected chi connectivity index (χ4v) is 5.80. The third-order valence-electron chi connectivity index (χ3n) is 8.35. The van der Waals surface area contributed by atoms with Crippen LogP contribution in [0.15, 0.2) is 48.9 Å². The van der Waals surface area contributed by atoms with Gasteiger partial charge in [0.2, 0.25) is 5.91 Å². The molecule has 3 N–H and O–H groups in total. The highest BCUT2D eigenvalue weighted by Crippen LogP contribution is 2.51. The normalized spacial score (nSPS) is 16.4. The van der Waals surface area contributed by atoms with Crippen LogP contribution in [0.1, 0.15) is 60.8 Å². The molecule has 0 unspecified atom stereocenters. The number of imidazole rings is 1. The number of ether oxygens (including phenoxy) is 1. The Morgan fingerprint density at radius 2 is 1.91 bits per heavy atom. The van der Waals surface area contributed by atoms with Crippen LogP contribution in [0.5, 0.6) is 5.75 Å². The summed E-state index contributed by atoms with van der Waals surface area (Å²) in [6.45, 7) is 4.38. The van der Waals surface area contributed by atoms with E-state index in [1.54, 1.807) is 30.3 Å². The number of carbonyl (C=O) groups is 3. The van der Waals surface area contributed by atoms with Gasteiger partial charge < -0.3 is 20.7 Å². The average molecular weight is 622 g/mol. The Kier molecular flexibility index (Phi) is 7.45. The number of nitrogens with two attached hydrogens (primary N) is 1. The maximum atomic E-state index is 13.1. The molecule has 2 amide bonds. The molecule has 1 aliphatic heterocycles. The number of amides is 2. The molecule has 3 aromatic heterocycles. The van der Waals surface area contributed by atoms with Crippen molar-refractivity contribution in [3.63, 3.8) is 0 Å². The summed E-state index contributed by atoms with van der Waals surface area (Å²) in [6, 6.07) is 6.17. The van der Waals surface area contributed by atoms with Gasteiger partial charge in [-0.25, -0.2) is 15.0 Å². The number of halogens is 3. The zero-order valence-electron chi connectivity index (χ0n) is 24.5. The Morgan fingerprint density at radius 1 is 1.13 bits per heavy atom. The minimum Gasteiger partial charge on any atom is -0.493 e. The summed E-state index contributed by atoms with van der Waals surface area (Å²) in [4.78, 5) is 53.3. The van der Waals surface area contributed by atoms with Crippen molar-refractivity contribution >= 4 is 34.8 Å². The first-order valence-electron chi connectivity index (χ1n) is 14.5. The number of hydrogen-bond acceptors (Lipinski definition) is 8. The third-order valence-corrected chi connectivity index (χ3v) is 8.35. The SMILES string of the molecule is CCOc1cc(C(=O)Nc2cc(C(F)(F)F)ccn2)ccc1-c1nc([C@H](CC)CN2CC(=O)C3(CC3)C2=O)n2ccnc(N)c12. The molecular formula is C31H30F3N7O4. The predicted molar refractivity (Wildman–Crippen MR) is 157 cm³/mol. The first-order chi connectivity index (χ1) is 21.5. The molecule has 14 heteroatoms. The highest BCUT2D eigenvalue weighted by molar-refractivity contribution is 6.15. The van der Waals surface area contributed by atoms with E-state index in [2.05, 4.69) is 15.3 Å². The number of nitrogen functional groups attached to an aromatic ring is 1. The Labute approximate surface area is 255 Å². The summed E-state index contributed by atoms with van der Waals surface area (Å²) < 4.78 is 47.1. The molecule has 1 aromatic carbocycles. The highest BCUT2D eigenvalue weighted by atomic mass is 19.4. The van der Waals surface area contributed by atoms with Gasteiger partial charge in [-0.1, -0.05) is 6.92 Å². The number of rotatable bonds is 9. The second kappa shape index (κ2) is 11.2. The molecule has 1 aliphatic carbocycles. The molecule has 4 heterocycles. The van der Waals surface area contributed by atoms with Gasteiger partial charge in [0.1, 0.15) is 39.8 Å². The minimum atomic E-state index is -4.59. The van der Waals surface area contributed by atoms with Crippen LogP contribution in [0.3, 0.4) is 0 Å². The van der Waals surface area contributed by atoms with Crippen LogP contribution in [0.25, 0.3) is 16.8 Å². The van der Waals surface area contributed by atoms with Gasteiger partial charge in [0, 0.05) is 42.2 Å². The van der Waals surface area contributed by atoms with Crippen molar-refractivity contribution in [2.24, 2.45) is 5.41 Å². The van der Waals surface area contributed by atoms with E-state index < -0.39 is 23.1 Å². The largest absolute Gasteiger partial charge is 0.493 e. The summed E-state index contributed by atoms with van der Waals surface area (Å²) in [5.74, 6) is -0.217. The number of anilines is 2. The van der Waals surface area contributed by atoms with Gasteiger partial charge in [-0.3, -0.25) is 18.8 Å². The molecule has 2 fully saturated rings. The molecule has 1 saturated carbocycles. The summed E-state index contributed by atoms with van der Waals surface area (Å²) in [6.07, 6.45) is 1.47. The van der Waals surface area contributed by atoms with Crippen molar-refractivity contribution in [3.05, 3.63) is 65.9 Å². The third kappa shape index (κ3) is 5.34. The zero-order chi connectivity index (χ0) is 32.1. The van der Waals surface area contributed by atoms with Crippen molar-refractivity contribution in [2.45, 2.75) is 45.2 Å². The van der Waals surface area contributed by atoms with Gasteiger partial charge in [0.15, 0.2) is 5.78 Å². The van der Waals surface area contributed by atoms with Crippen molar-refractivity contribution in [1.82, 2.24) is 24.3 Å². The first-order valence-corrected chi connectivity index (χ1v) is 14.5. The Hall–Kier alpha value is -5.01. The zero-order valence-corrected chi connectivity index (χ0v) is 24.5. The quantitative estimate of drug-likeness (QED) is 0.255. The van der Waals surface area contributed by atoms with Crippen LogP contribution in [0, 0.1) is 5.41 Å². The number of nitrogens with zero attached hydrogens (tertiary/aromatic N) is 5. The van der Waals surface area contributed by atoms with E-state index in [0.29, 0.717) is 54.2 Å².